The average molecular weight is 468 g/mol. The highest BCUT2D eigenvalue weighted by molar-refractivity contribution is 7.46. The minimum atomic E-state index is -4.58. The second-order valence-electron chi connectivity index (χ2n) is 7.15. The van der Waals surface area contributed by atoms with Crippen LogP contribution in [0.5, 0.6) is 11.5 Å². The lowest BCUT2D eigenvalue weighted by Gasteiger charge is -2.24. The van der Waals surface area contributed by atoms with Crippen molar-refractivity contribution < 1.29 is 36.8 Å². The molecule has 2 rings (SSSR count). The molecule has 30 heavy (non-hydrogen) atoms. The lowest BCUT2D eigenvalue weighted by molar-refractivity contribution is -0.137. The van der Waals surface area contributed by atoms with E-state index in [9.17, 15) is 17.7 Å². The van der Waals surface area contributed by atoms with Crippen molar-refractivity contribution in [1.29, 1.82) is 0 Å². The number of aryl methyl sites for hydroxylation is 1. The number of phosphoric ester groups is 1. The van der Waals surface area contributed by atoms with Gasteiger partial charge >= 0.3 is 14.0 Å². The van der Waals surface area contributed by atoms with Crippen LogP contribution in [0.15, 0.2) is 42.5 Å². The van der Waals surface area contributed by atoms with E-state index < -0.39 is 25.1 Å². The maximum atomic E-state index is 12.8. The van der Waals surface area contributed by atoms with E-state index in [1.165, 1.54) is 18.2 Å². The number of benzene rings is 2. The van der Waals surface area contributed by atoms with Gasteiger partial charge in [0, 0.05) is 10.6 Å². The molecule has 2 aromatic carbocycles. The summed E-state index contributed by atoms with van der Waals surface area (Å²) in [6.07, 6.45) is -2.93. The van der Waals surface area contributed by atoms with E-state index in [1.54, 1.807) is 19.1 Å². The van der Waals surface area contributed by atoms with Crippen molar-refractivity contribution >= 4 is 19.4 Å². The number of alkyl halides is 3. The minimum absolute atomic E-state index is 0.0394. The second kappa shape index (κ2) is 9.68. The van der Waals surface area contributed by atoms with E-state index >= 15 is 0 Å². The third-order valence-corrected chi connectivity index (χ3v) is 5.00. The smallest absolute Gasteiger partial charge is 0.457 e. The maximum Gasteiger partial charge on any atom is 0.469 e. The van der Waals surface area contributed by atoms with Crippen LogP contribution in [0.4, 0.5) is 13.2 Å². The van der Waals surface area contributed by atoms with Crippen LogP contribution in [0, 0.1) is 0 Å². The monoisotopic (exact) mass is 467 g/mol. The number of halogens is 4. The number of nitrogens with two attached hydrogens (primary N) is 1. The third kappa shape index (κ3) is 8.26. The predicted octanol–water partition coefficient (Wildman–Crippen LogP) is 5.30. The highest BCUT2D eigenvalue weighted by atomic mass is 35.5. The zero-order valence-electron chi connectivity index (χ0n) is 16.0. The first kappa shape index (κ1) is 24.7. The molecule has 0 aromatic heterocycles. The lowest BCUT2D eigenvalue weighted by atomic mass is 9.95. The van der Waals surface area contributed by atoms with Gasteiger partial charge in [-0.05, 0) is 62.1 Å². The van der Waals surface area contributed by atoms with Crippen molar-refractivity contribution in [2.45, 2.75) is 37.9 Å². The Morgan fingerprint density at radius 1 is 1.13 bits per heavy atom. The molecule has 2 aromatic rings. The van der Waals surface area contributed by atoms with Gasteiger partial charge in [-0.15, -0.1) is 0 Å². The van der Waals surface area contributed by atoms with Gasteiger partial charge in [0.2, 0.25) is 0 Å². The predicted molar refractivity (Wildman–Crippen MR) is 106 cm³/mol. The van der Waals surface area contributed by atoms with Crippen LogP contribution in [0.25, 0.3) is 0 Å². The molecule has 0 saturated carbocycles. The summed E-state index contributed by atoms with van der Waals surface area (Å²) in [5.41, 5.74) is 5.01. The van der Waals surface area contributed by atoms with E-state index in [-0.39, 0.29) is 12.4 Å². The summed E-state index contributed by atoms with van der Waals surface area (Å²) in [5.74, 6) is 0.333. The first-order valence-corrected chi connectivity index (χ1v) is 10.8. The highest BCUT2D eigenvalue weighted by Crippen LogP contribution is 2.37. The summed E-state index contributed by atoms with van der Waals surface area (Å²) in [6.45, 7) is 1.32. The number of rotatable bonds is 9. The van der Waals surface area contributed by atoms with Crippen molar-refractivity contribution in [3.63, 3.8) is 0 Å². The second-order valence-corrected chi connectivity index (χ2v) is 8.80. The minimum Gasteiger partial charge on any atom is -0.457 e. The Morgan fingerprint density at radius 3 is 2.40 bits per heavy atom. The Morgan fingerprint density at radius 2 is 1.80 bits per heavy atom. The van der Waals surface area contributed by atoms with Crippen LogP contribution in [0.1, 0.15) is 30.9 Å². The van der Waals surface area contributed by atoms with Gasteiger partial charge in [0.15, 0.2) is 0 Å². The van der Waals surface area contributed by atoms with E-state index in [1.807, 2.05) is 0 Å². The fourth-order valence-electron chi connectivity index (χ4n) is 2.65. The van der Waals surface area contributed by atoms with E-state index in [2.05, 4.69) is 4.52 Å². The molecular formula is C19H22ClF3NO5P. The molecule has 4 N–H and O–H groups in total. The largest absolute Gasteiger partial charge is 0.469 e. The quantitative estimate of drug-likeness (QED) is 0.432. The normalized spacial score (nSPS) is 14.4. The molecule has 6 nitrogen and oxygen atoms in total. The molecule has 166 valence electrons. The molecule has 1 unspecified atom stereocenters. The first-order chi connectivity index (χ1) is 13.8. The number of hydrogen-bond acceptors (Lipinski definition) is 4. The lowest BCUT2D eigenvalue weighted by Crippen LogP contribution is -2.40. The van der Waals surface area contributed by atoms with Gasteiger partial charge in [0.05, 0.1) is 12.2 Å². The van der Waals surface area contributed by atoms with Crippen LogP contribution in [0.3, 0.4) is 0 Å². The Labute approximate surface area is 177 Å². The SMILES string of the molecule is CC(N)(CCCc1ccc(Oc2cccc(C(F)(F)F)c2)cc1Cl)COP(=O)(O)O. The highest BCUT2D eigenvalue weighted by Gasteiger charge is 2.30. The van der Waals surface area contributed by atoms with Gasteiger partial charge in [-0.25, -0.2) is 4.57 Å². The zero-order valence-corrected chi connectivity index (χ0v) is 17.7. The van der Waals surface area contributed by atoms with Gasteiger partial charge in [-0.3, -0.25) is 4.52 Å². The van der Waals surface area contributed by atoms with Gasteiger partial charge in [0.1, 0.15) is 11.5 Å². The number of hydrogen-bond donors (Lipinski definition) is 3. The van der Waals surface area contributed by atoms with E-state index in [0.717, 1.165) is 17.7 Å². The van der Waals surface area contributed by atoms with Gasteiger partial charge in [-0.2, -0.15) is 13.2 Å². The molecule has 0 fully saturated rings. The molecule has 11 heteroatoms. The molecule has 0 spiro atoms. The molecule has 0 aliphatic heterocycles. The Hall–Kier alpha value is -1.61. The molecule has 0 bridgehead atoms. The summed E-state index contributed by atoms with van der Waals surface area (Å²) >= 11 is 6.25. The van der Waals surface area contributed by atoms with E-state index in [0.29, 0.717) is 30.0 Å². The number of phosphoric acid groups is 1. The number of ether oxygens (including phenoxy) is 1. The molecule has 0 amide bonds. The fraction of sp³-hybridized carbons (Fsp3) is 0.368. The van der Waals surface area contributed by atoms with Crippen LogP contribution < -0.4 is 10.5 Å². The van der Waals surface area contributed by atoms with Crippen molar-refractivity contribution in [1.82, 2.24) is 0 Å². The summed E-state index contributed by atoms with van der Waals surface area (Å²) in [5, 5.41) is 0.379. The van der Waals surface area contributed by atoms with Crippen molar-refractivity contribution in [3.8, 4) is 11.5 Å². The maximum absolute atomic E-state index is 12.8. The topological polar surface area (TPSA) is 102 Å². The Balaban J connectivity index is 1.95. The molecule has 0 saturated heterocycles. The summed E-state index contributed by atoms with van der Waals surface area (Å²) in [6, 6.07) is 9.34. The average Bonchev–Trinajstić information content (AvgIpc) is 2.61. The molecule has 0 heterocycles. The Bertz CT molecular complexity index is 917. The zero-order chi connectivity index (χ0) is 22.6. The van der Waals surface area contributed by atoms with Crippen molar-refractivity contribution in [2.24, 2.45) is 5.73 Å². The van der Waals surface area contributed by atoms with Crippen molar-refractivity contribution in [3.05, 3.63) is 58.6 Å². The van der Waals surface area contributed by atoms with Crippen LogP contribution in [0.2, 0.25) is 5.02 Å². The van der Waals surface area contributed by atoms with Crippen LogP contribution in [-0.2, 0) is 21.7 Å². The molecule has 0 aliphatic rings. The van der Waals surface area contributed by atoms with Crippen LogP contribution >= 0.6 is 19.4 Å². The van der Waals surface area contributed by atoms with E-state index in [4.69, 9.17) is 31.9 Å². The molecule has 0 aliphatic carbocycles. The summed E-state index contributed by atoms with van der Waals surface area (Å²) in [4.78, 5) is 17.5. The van der Waals surface area contributed by atoms with Crippen molar-refractivity contribution in [2.75, 3.05) is 6.61 Å². The third-order valence-electron chi connectivity index (χ3n) is 4.18. The van der Waals surface area contributed by atoms with Gasteiger partial charge in [0.25, 0.3) is 0 Å². The summed E-state index contributed by atoms with van der Waals surface area (Å²) < 4.78 is 59.1. The molecule has 0 radical (unpaired) electrons. The van der Waals surface area contributed by atoms with Crippen LogP contribution in [-0.4, -0.2) is 21.9 Å². The standard InChI is InChI=1S/C19H22ClF3NO5P/c1-18(24,12-28-30(25,26)27)9-3-4-13-7-8-16(11-17(13)20)29-15-6-2-5-14(10-15)19(21,22)23/h2,5-8,10-11H,3-4,9,12,24H2,1H3,(H2,25,26,27). The molecular weight excluding hydrogens is 446 g/mol. The van der Waals surface area contributed by atoms with Gasteiger partial charge < -0.3 is 20.3 Å². The fourth-order valence-corrected chi connectivity index (χ4v) is 3.38. The summed E-state index contributed by atoms with van der Waals surface area (Å²) in [7, 11) is -4.58. The molecule has 1 atom stereocenters. The first-order valence-electron chi connectivity index (χ1n) is 8.88. The van der Waals surface area contributed by atoms with Gasteiger partial charge in [-0.1, -0.05) is 23.7 Å². The Kier molecular flexibility index (Phi) is 7.96.